The molecule has 2 unspecified atom stereocenters. The fraction of sp³-hybridized carbons (Fsp3) is 0.917. The molecule has 3 saturated heterocycles. The fourth-order valence-corrected chi connectivity index (χ4v) is 6.88. The lowest BCUT2D eigenvalue weighted by molar-refractivity contribution is -0.399. The van der Waals surface area contributed by atoms with Gasteiger partial charge in [0.25, 0.3) is 5.79 Å². The lowest BCUT2D eigenvalue weighted by Gasteiger charge is -2.50. The summed E-state index contributed by atoms with van der Waals surface area (Å²) in [6.45, 7) is -0.351. The molecule has 0 spiro atoms. The third-order valence-electron chi connectivity index (χ3n) is 10.4. The number of carbonyl (C=O) groups is 1. The summed E-state index contributed by atoms with van der Waals surface area (Å²) in [5.74, 6) is -3.29. The first-order valence-electron chi connectivity index (χ1n) is 19.5. The van der Waals surface area contributed by atoms with Crippen molar-refractivity contribution >= 4 is 5.97 Å². The van der Waals surface area contributed by atoms with Crippen LogP contribution in [0.5, 0.6) is 0 Å². The number of unbranched alkanes of at least 4 members (excludes halogenated alkanes) is 11. The quantitative estimate of drug-likeness (QED) is 0.0311. The van der Waals surface area contributed by atoms with Crippen LogP contribution in [-0.2, 0) is 33.2 Å². The van der Waals surface area contributed by atoms with Crippen molar-refractivity contribution in [1.29, 1.82) is 0 Å². The Kier molecular flexibility index (Phi) is 20.6. The summed E-state index contributed by atoms with van der Waals surface area (Å²) in [7, 11) is 0. The Hall–Kier alpha value is -1.43. The Morgan fingerprint density at radius 1 is 0.667 bits per heavy atom. The smallest absolute Gasteiger partial charge is 0.308 e. The van der Waals surface area contributed by atoms with Gasteiger partial charge < -0.3 is 86.5 Å². The number of carbonyl (C=O) groups excluding carboxylic acids is 1. The lowest BCUT2D eigenvalue weighted by Crippen LogP contribution is -2.72. The summed E-state index contributed by atoms with van der Waals surface area (Å²) in [5, 5.41) is 83.4. The first-order valence-corrected chi connectivity index (χ1v) is 19.5. The summed E-state index contributed by atoms with van der Waals surface area (Å²) in [5.41, 5.74) is 18.1. The maximum atomic E-state index is 12.9. The molecule has 18 nitrogen and oxygen atoms in total. The molecule has 0 radical (unpaired) electrons. The fourth-order valence-electron chi connectivity index (χ4n) is 6.88. The van der Waals surface area contributed by atoms with Gasteiger partial charge in [-0.1, -0.05) is 70.4 Å². The standard InChI is InChI=1S/C36H67N3O15/c1-2-3-4-5-6-7-8-9-10-11-12-13-14-15-16-17-23(43)53-36(20-42)32(47)29(46)26(39)35(54-36)52-31-22(19-41)50-34(25(38)28(31)45)51-30-21(18-40)49-33(48)24(37)27(30)44/h9-10,21-22,24-35,40-42,44-48H,2-8,11-20,37-39H2,1H3/b10-9-/t21-,22-,24-,25-,26-,27-,28-,29-,30?,31?,32+,33-,34+,35+,36+/m1/s1. The third-order valence-corrected chi connectivity index (χ3v) is 10.4. The van der Waals surface area contributed by atoms with Crippen LogP contribution >= 0.6 is 0 Å². The minimum absolute atomic E-state index is 0.0522. The molecular weight excluding hydrogens is 714 g/mol. The molecule has 3 fully saturated rings. The SMILES string of the molecule is CCCCCCCC/C=C\CCCCCCCC(=O)O[C@@]1(CO)O[C@H](OC2[C@@H](CO)O[C@@H](OC3[C@@H](CO)O[C@@H](O)[C@H](N)[C@H]3O)[C@H](N)[C@H]2O)[C@H](N)[C@@H](O)[C@@H]1O. The molecule has 3 aliphatic heterocycles. The summed E-state index contributed by atoms with van der Waals surface area (Å²) < 4.78 is 33.6. The van der Waals surface area contributed by atoms with E-state index in [1.54, 1.807) is 0 Å². The van der Waals surface area contributed by atoms with Crippen LogP contribution < -0.4 is 17.2 Å². The molecule has 316 valence electrons. The van der Waals surface area contributed by atoms with Gasteiger partial charge in [-0.3, -0.25) is 4.79 Å². The van der Waals surface area contributed by atoms with Crippen LogP contribution in [0.3, 0.4) is 0 Å². The number of aliphatic hydroxyl groups is 8. The third kappa shape index (κ3) is 12.8. The predicted molar refractivity (Wildman–Crippen MR) is 192 cm³/mol. The average molecular weight is 782 g/mol. The van der Waals surface area contributed by atoms with Gasteiger partial charge in [0, 0.05) is 6.42 Å². The zero-order chi connectivity index (χ0) is 39.8. The molecule has 0 aromatic carbocycles. The Morgan fingerprint density at radius 3 is 1.74 bits per heavy atom. The number of aliphatic hydroxyl groups excluding tert-OH is 8. The van der Waals surface area contributed by atoms with Crippen molar-refractivity contribution in [3.63, 3.8) is 0 Å². The monoisotopic (exact) mass is 781 g/mol. The lowest BCUT2D eigenvalue weighted by atomic mass is 9.93. The van der Waals surface area contributed by atoms with Crippen LogP contribution in [0.4, 0.5) is 0 Å². The zero-order valence-corrected chi connectivity index (χ0v) is 31.4. The second kappa shape index (κ2) is 23.7. The summed E-state index contributed by atoms with van der Waals surface area (Å²) in [4.78, 5) is 12.9. The molecule has 0 aromatic rings. The summed E-state index contributed by atoms with van der Waals surface area (Å²) >= 11 is 0. The van der Waals surface area contributed by atoms with E-state index >= 15 is 0 Å². The highest BCUT2D eigenvalue weighted by atomic mass is 16.8. The Balaban J connectivity index is 1.50. The van der Waals surface area contributed by atoms with Gasteiger partial charge >= 0.3 is 5.97 Å². The normalized spacial score (nSPS) is 38.9. The van der Waals surface area contributed by atoms with Crippen LogP contribution in [-0.4, -0.2) is 158 Å². The highest BCUT2D eigenvalue weighted by Crippen LogP contribution is 2.35. The molecule has 18 heteroatoms. The maximum Gasteiger partial charge on any atom is 0.308 e. The topological polar surface area (TPSA) is 312 Å². The first kappa shape index (κ1) is 46.9. The molecule has 15 atom stereocenters. The average Bonchev–Trinajstić information content (AvgIpc) is 3.16. The second-order valence-electron chi connectivity index (χ2n) is 14.6. The van der Waals surface area contributed by atoms with Crippen molar-refractivity contribution in [3.8, 4) is 0 Å². The maximum absolute atomic E-state index is 12.9. The highest BCUT2D eigenvalue weighted by molar-refractivity contribution is 5.69. The minimum Gasteiger partial charge on any atom is -0.427 e. The number of hydrogen-bond acceptors (Lipinski definition) is 18. The van der Waals surface area contributed by atoms with Gasteiger partial charge in [-0.15, -0.1) is 0 Å². The van der Waals surface area contributed by atoms with E-state index in [0.717, 1.165) is 38.5 Å². The summed E-state index contributed by atoms with van der Waals surface area (Å²) in [6.07, 6.45) is 0.968. The van der Waals surface area contributed by atoms with Crippen molar-refractivity contribution in [3.05, 3.63) is 12.2 Å². The molecular formula is C36H67N3O15. The van der Waals surface area contributed by atoms with Gasteiger partial charge in [0.2, 0.25) is 0 Å². The largest absolute Gasteiger partial charge is 0.427 e. The van der Waals surface area contributed by atoms with E-state index < -0.39 is 117 Å². The highest BCUT2D eigenvalue weighted by Gasteiger charge is 2.58. The molecule has 0 aromatic heterocycles. The Bertz CT molecular complexity index is 1090. The van der Waals surface area contributed by atoms with Crippen molar-refractivity contribution in [1.82, 2.24) is 0 Å². The number of ether oxygens (including phenoxy) is 6. The van der Waals surface area contributed by atoms with Crippen molar-refractivity contribution < 1.29 is 74.1 Å². The van der Waals surface area contributed by atoms with Crippen LogP contribution in [0, 0.1) is 0 Å². The molecule has 0 saturated carbocycles. The Morgan fingerprint density at radius 2 is 1.17 bits per heavy atom. The van der Waals surface area contributed by atoms with Gasteiger partial charge in [-0.2, -0.15) is 0 Å². The van der Waals surface area contributed by atoms with Gasteiger partial charge in [0.05, 0.1) is 31.3 Å². The number of esters is 1. The predicted octanol–water partition coefficient (Wildman–Crippen LogP) is -1.77. The minimum atomic E-state index is -2.48. The van der Waals surface area contributed by atoms with E-state index in [0.29, 0.717) is 6.42 Å². The number of rotatable bonds is 23. The van der Waals surface area contributed by atoms with Crippen LogP contribution in [0.15, 0.2) is 12.2 Å². The van der Waals surface area contributed by atoms with Gasteiger partial charge in [0.15, 0.2) is 18.9 Å². The van der Waals surface area contributed by atoms with Crippen LogP contribution in [0.25, 0.3) is 0 Å². The van der Waals surface area contributed by atoms with E-state index in [-0.39, 0.29) is 6.42 Å². The molecule has 0 amide bonds. The molecule has 0 aliphatic carbocycles. The van der Waals surface area contributed by atoms with E-state index in [4.69, 9.17) is 45.6 Å². The molecule has 0 bridgehead atoms. The molecule has 3 aliphatic rings. The van der Waals surface area contributed by atoms with Crippen molar-refractivity contribution in [2.75, 3.05) is 19.8 Å². The van der Waals surface area contributed by atoms with Gasteiger partial charge in [-0.25, -0.2) is 0 Å². The molecule has 14 N–H and O–H groups in total. The van der Waals surface area contributed by atoms with Gasteiger partial charge in [0.1, 0.15) is 55.4 Å². The van der Waals surface area contributed by atoms with E-state index in [1.807, 2.05) is 0 Å². The molecule has 3 rings (SSSR count). The van der Waals surface area contributed by atoms with Crippen LogP contribution in [0.1, 0.15) is 96.8 Å². The van der Waals surface area contributed by atoms with Crippen molar-refractivity contribution in [2.24, 2.45) is 17.2 Å². The van der Waals surface area contributed by atoms with E-state index in [1.165, 1.54) is 38.5 Å². The number of allylic oxidation sites excluding steroid dienone is 2. The Labute approximate surface area is 317 Å². The van der Waals surface area contributed by atoms with E-state index in [2.05, 4.69) is 19.1 Å². The van der Waals surface area contributed by atoms with Crippen molar-refractivity contribution in [2.45, 2.75) is 188 Å². The second-order valence-corrected chi connectivity index (χ2v) is 14.6. The number of hydrogen-bond donors (Lipinski definition) is 11. The first-order chi connectivity index (χ1) is 25.8. The van der Waals surface area contributed by atoms with Crippen LogP contribution in [0.2, 0.25) is 0 Å². The molecule has 54 heavy (non-hydrogen) atoms. The zero-order valence-electron chi connectivity index (χ0n) is 31.4. The van der Waals surface area contributed by atoms with E-state index in [9.17, 15) is 45.6 Å². The summed E-state index contributed by atoms with van der Waals surface area (Å²) in [6, 6.07) is -4.26. The number of nitrogens with two attached hydrogens (primary N) is 3. The van der Waals surface area contributed by atoms with Gasteiger partial charge in [-0.05, 0) is 32.1 Å². The molecule has 3 heterocycles.